The number of nitrogens with two attached hydrogens (primary N) is 1. The highest BCUT2D eigenvalue weighted by Gasteiger charge is 2.17. The Balaban J connectivity index is 1.34. The maximum absolute atomic E-state index is 10.9. The normalized spacial score (nSPS) is 12.1. The summed E-state index contributed by atoms with van der Waals surface area (Å²) in [5.41, 5.74) is 7.98. The van der Waals surface area contributed by atoms with Crippen LogP contribution in [0.1, 0.15) is 30.1 Å². The molecular weight excluding hydrogens is 511 g/mol. The van der Waals surface area contributed by atoms with E-state index in [1.165, 1.54) is 5.56 Å². The molecule has 0 aromatic heterocycles. The Kier molecular flexibility index (Phi) is 13.0. The van der Waals surface area contributed by atoms with Gasteiger partial charge in [0.2, 0.25) is 0 Å². The van der Waals surface area contributed by atoms with Crippen molar-refractivity contribution in [2.45, 2.75) is 25.5 Å². The molecule has 8 heteroatoms. The number of nitrogen functional groups attached to an aromatic ring is 1. The van der Waals surface area contributed by atoms with Gasteiger partial charge in [0.05, 0.1) is 41.7 Å². The van der Waals surface area contributed by atoms with Crippen LogP contribution in [0.25, 0.3) is 0 Å². The molecule has 200 valence electrons. The summed E-state index contributed by atoms with van der Waals surface area (Å²) in [5, 5.41) is 11.6. The average Bonchev–Trinajstić information content (AvgIpc) is 2.91. The van der Waals surface area contributed by atoms with Gasteiger partial charge in [0.25, 0.3) is 0 Å². The van der Waals surface area contributed by atoms with Crippen molar-refractivity contribution in [3.8, 4) is 5.75 Å². The second-order valence-electron chi connectivity index (χ2n) is 8.73. The van der Waals surface area contributed by atoms with Gasteiger partial charge in [-0.3, -0.25) is 4.90 Å². The van der Waals surface area contributed by atoms with Crippen LogP contribution >= 0.6 is 23.2 Å². The topological polar surface area (TPSA) is 77.2 Å². The summed E-state index contributed by atoms with van der Waals surface area (Å²) >= 11 is 12.3. The number of anilines is 1. The molecule has 1 unspecified atom stereocenters. The number of aliphatic hydroxyl groups excluding tert-OH is 1. The molecule has 0 fully saturated rings. The number of hydrogen-bond acceptors (Lipinski definition) is 6. The fourth-order valence-corrected chi connectivity index (χ4v) is 4.31. The molecular formula is C29H36Cl2N2O4. The van der Waals surface area contributed by atoms with Gasteiger partial charge in [0.15, 0.2) is 0 Å². The zero-order valence-electron chi connectivity index (χ0n) is 21.0. The van der Waals surface area contributed by atoms with Gasteiger partial charge in [0.1, 0.15) is 5.75 Å². The predicted molar refractivity (Wildman–Crippen MR) is 150 cm³/mol. The summed E-state index contributed by atoms with van der Waals surface area (Å²) in [5.74, 6) is 0.876. The summed E-state index contributed by atoms with van der Waals surface area (Å²) in [7, 11) is 0. The minimum atomic E-state index is -0.750. The number of nitrogens with zero attached hydrogens (tertiary/aromatic N) is 1. The smallest absolute Gasteiger partial charge is 0.119 e. The van der Waals surface area contributed by atoms with Crippen molar-refractivity contribution < 1.29 is 19.3 Å². The van der Waals surface area contributed by atoms with Crippen molar-refractivity contribution in [1.29, 1.82) is 0 Å². The largest absolute Gasteiger partial charge is 0.494 e. The molecule has 6 nitrogen and oxygen atoms in total. The van der Waals surface area contributed by atoms with Gasteiger partial charge in [-0.15, -0.1) is 0 Å². The van der Waals surface area contributed by atoms with E-state index in [0.717, 1.165) is 25.1 Å². The number of benzene rings is 3. The Morgan fingerprint density at radius 1 is 0.784 bits per heavy atom. The van der Waals surface area contributed by atoms with E-state index >= 15 is 0 Å². The molecule has 0 amide bonds. The summed E-state index contributed by atoms with van der Waals surface area (Å²) in [4.78, 5) is 2.20. The van der Waals surface area contributed by atoms with Crippen molar-refractivity contribution in [3.63, 3.8) is 0 Å². The van der Waals surface area contributed by atoms with E-state index in [2.05, 4.69) is 17.0 Å². The minimum absolute atomic E-state index is 0.321. The van der Waals surface area contributed by atoms with Crippen molar-refractivity contribution in [2.24, 2.45) is 0 Å². The molecule has 0 aliphatic rings. The first-order chi connectivity index (χ1) is 18.0. The summed E-state index contributed by atoms with van der Waals surface area (Å²) in [6.45, 7) is 4.88. The zero-order valence-corrected chi connectivity index (χ0v) is 22.5. The summed E-state index contributed by atoms with van der Waals surface area (Å²) in [6, 6.07) is 23.3. The standard InChI is InChI=1S/C29H36Cl2N2O4/c30-26-19-24(20-27(31)29(26)32)28(34)22-33(21-23-9-3-1-4-10-23)13-7-14-35-17-18-36-15-8-16-37-25-11-5-2-6-12-25/h1-6,9-12,19-20,28,34H,7-8,13-18,21-22,32H2. The number of hydrogen-bond donors (Lipinski definition) is 2. The van der Waals surface area contributed by atoms with Gasteiger partial charge in [-0.2, -0.15) is 0 Å². The Morgan fingerprint density at radius 2 is 1.38 bits per heavy atom. The van der Waals surface area contributed by atoms with Crippen molar-refractivity contribution in [2.75, 3.05) is 51.9 Å². The third kappa shape index (κ3) is 10.9. The maximum atomic E-state index is 10.9. The molecule has 0 spiro atoms. The molecule has 0 saturated carbocycles. The van der Waals surface area contributed by atoms with Crippen LogP contribution in [-0.2, 0) is 16.0 Å². The molecule has 3 aromatic carbocycles. The van der Waals surface area contributed by atoms with Crippen LogP contribution in [-0.4, -0.2) is 56.1 Å². The van der Waals surface area contributed by atoms with Crippen LogP contribution in [0.3, 0.4) is 0 Å². The van der Waals surface area contributed by atoms with Crippen molar-refractivity contribution in [1.82, 2.24) is 4.90 Å². The third-order valence-electron chi connectivity index (χ3n) is 5.75. The van der Waals surface area contributed by atoms with Gasteiger partial charge in [-0.05, 0) is 41.8 Å². The van der Waals surface area contributed by atoms with Crippen molar-refractivity contribution >= 4 is 28.9 Å². The molecule has 0 bridgehead atoms. The highest BCUT2D eigenvalue weighted by Crippen LogP contribution is 2.31. The quantitative estimate of drug-likeness (QED) is 0.159. The van der Waals surface area contributed by atoms with E-state index in [-0.39, 0.29) is 0 Å². The first-order valence-corrected chi connectivity index (χ1v) is 13.3. The molecule has 37 heavy (non-hydrogen) atoms. The maximum Gasteiger partial charge on any atom is 0.119 e. The van der Waals surface area contributed by atoms with E-state index in [4.69, 9.17) is 43.1 Å². The lowest BCUT2D eigenvalue weighted by Crippen LogP contribution is -2.30. The lowest BCUT2D eigenvalue weighted by atomic mass is 10.1. The van der Waals surface area contributed by atoms with E-state index in [1.54, 1.807) is 12.1 Å². The zero-order chi connectivity index (χ0) is 26.3. The molecule has 0 radical (unpaired) electrons. The van der Waals surface area contributed by atoms with E-state index in [0.29, 0.717) is 67.4 Å². The second-order valence-corrected chi connectivity index (χ2v) is 9.54. The first-order valence-electron chi connectivity index (χ1n) is 12.5. The lowest BCUT2D eigenvalue weighted by Gasteiger charge is -2.26. The molecule has 0 aliphatic carbocycles. The van der Waals surface area contributed by atoms with E-state index in [1.807, 2.05) is 48.5 Å². The molecule has 0 aliphatic heterocycles. The van der Waals surface area contributed by atoms with Gasteiger partial charge in [0, 0.05) is 39.3 Å². The van der Waals surface area contributed by atoms with E-state index in [9.17, 15) is 5.11 Å². The Labute approximate surface area is 229 Å². The van der Waals surface area contributed by atoms with Crippen molar-refractivity contribution in [3.05, 3.63) is 94.0 Å². The van der Waals surface area contributed by atoms with Gasteiger partial charge >= 0.3 is 0 Å². The Bertz CT molecular complexity index is 1020. The van der Waals surface area contributed by atoms with Gasteiger partial charge < -0.3 is 25.1 Å². The minimum Gasteiger partial charge on any atom is -0.494 e. The SMILES string of the molecule is Nc1c(Cl)cc(C(O)CN(CCCOCCOCCCOc2ccccc2)Cc2ccccc2)cc1Cl. The van der Waals surface area contributed by atoms with Crippen LogP contribution < -0.4 is 10.5 Å². The van der Waals surface area contributed by atoms with Crippen LogP contribution in [0.15, 0.2) is 72.8 Å². The average molecular weight is 548 g/mol. The van der Waals surface area contributed by atoms with Crippen LogP contribution in [0, 0.1) is 0 Å². The monoisotopic (exact) mass is 546 g/mol. The summed E-state index contributed by atoms with van der Waals surface area (Å²) in [6.07, 6.45) is 0.906. The highest BCUT2D eigenvalue weighted by atomic mass is 35.5. The first kappa shape index (κ1) is 29.2. The molecule has 3 aromatic rings. The number of aliphatic hydroxyl groups is 1. The number of rotatable bonds is 17. The second kappa shape index (κ2) is 16.5. The van der Waals surface area contributed by atoms with Crippen LogP contribution in [0.2, 0.25) is 10.0 Å². The number of halogens is 2. The third-order valence-corrected chi connectivity index (χ3v) is 6.37. The van der Waals surface area contributed by atoms with Gasteiger partial charge in [-0.25, -0.2) is 0 Å². The fraction of sp³-hybridized carbons (Fsp3) is 0.379. The molecule has 0 heterocycles. The van der Waals surface area contributed by atoms with Crippen LogP contribution in [0.4, 0.5) is 5.69 Å². The molecule has 0 saturated heterocycles. The molecule has 3 rings (SSSR count). The summed E-state index contributed by atoms with van der Waals surface area (Å²) < 4.78 is 17.0. The number of ether oxygens (including phenoxy) is 3. The highest BCUT2D eigenvalue weighted by molar-refractivity contribution is 6.38. The fourth-order valence-electron chi connectivity index (χ4n) is 3.80. The Hall–Kier alpha value is -2.32. The molecule has 1 atom stereocenters. The van der Waals surface area contributed by atoms with Crippen LogP contribution in [0.5, 0.6) is 5.75 Å². The lowest BCUT2D eigenvalue weighted by molar-refractivity contribution is 0.0378. The predicted octanol–water partition coefficient (Wildman–Crippen LogP) is 6.00. The Morgan fingerprint density at radius 3 is 2.03 bits per heavy atom. The van der Waals surface area contributed by atoms with Gasteiger partial charge in [-0.1, -0.05) is 71.7 Å². The molecule has 3 N–H and O–H groups in total. The van der Waals surface area contributed by atoms with E-state index < -0.39 is 6.10 Å². The number of para-hydroxylation sites is 1.